The summed E-state index contributed by atoms with van der Waals surface area (Å²) in [5.74, 6) is -1.67. The van der Waals surface area contributed by atoms with Crippen molar-refractivity contribution in [1.29, 1.82) is 0 Å². The number of anilines is 1. The fourth-order valence-corrected chi connectivity index (χ4v) is 3.19. The van der Waals surface area contributed by atoms with E-state index in [2.05, 4.69) is 5.32 Å². The highest BCUT2D eigenvalue weighted by Gasteiger charge is 2.24. The lowest BCUT2D eigenvalue weighted by atomic mass is 10.2. The molecule has 6 heteroatoms. The number of rotatable bonds is 2. The summed E-state index contributed by atoms with van der Waals surface area (Å²) in [6.45, 7) is 2.45. The molecule has 0 spiro atoms. The van der Waals surface area contributed by atoms with Crippen LogP contribution in [0.4, 0.5) is 19.3 Å². The summed E-state index contributed by atoms with van der Waals surface area (Å²) in [5, 5.41) is 3.08. The minimum absolute atomic E-state index is 0.00293. The molecule has 120 valence electrons. The highest BCUT2D eigenvalue weighted by Crippen LogP contribution is 2.20. The maximum absolute atomic E-state index is 13.3. The van der Waals surface area contributed by atoms with E-state index in [4.69, 9.17) is 0 Å². The standard InChI is InChI=1S/C16H21F2N3O/c17-14-6-5-13(11-15(14)18)20-7-9-21(10-8-20)16(22)19-12-3-1-2-4-12/h5-6,11-12H,1-4,7-10H2,(H,19,22). The number of piperazine rings is 1. The first kappa shape index (κ1) is 15.1. The topological polar surface area (TPSA) is 35.6 Å². The minimum Gasteiger partial charge on any atom is -0.368 e. The molecule has 1 N–H and O–H groups in total. The Balaban J connectivity index is 1.53. The van der Waals surface area contributed by atoms with Crippen molar-refractivity contribution in [2.24, 2.45) is 0 Å². The molecule has 0 aromatic heterocycles. The molecular weight excluding hydrogens is 288 g/mol. The molecule has 4 nitrogen and oxygen atoms in total. The van der Waals surface area contributed by atoms with Crippen molar-refractivity contribution in [2.75, 3.05) is 31.1 Å². The van der Waals surface area contributed by atoms with E-state index in [-0.39, 0.29) is 6.03 Å². The van der Waals surface area contributed by atoms with Gasteiger partial charge in [-0.3, -0.25) is 0 Å². The molecule has 0 bridgehead atoms. The molecule has 2 fully saturated rings. The van der Waals surface area contributed by atoms with Crippen LogP contribution < -0.4 is 10.2 Å². The second-order valence-corrected chi connectivity index (χ2v) is 6.00. The Labute approximate surface area is 129 Å². The van der Waals surface area contributed by atoms with Crippen LogP contribution in [0.3, 0.4) is 0 Å². The summed E-state index contributed by atoms with van der Waals surface area (Å²) in [4.78, 5) is 16.0. The summed E-state index contributed by atoms with van der Waals surface area (Å²) >= 11 is 0. The van der Waals surface area contributed by atoms with Gasteiger partial charge in [0.25, 0.3) is 0 Å². The third-order valence-corrected chi connectivity index (χ3v) is 4.52. The SMILES string of the molecule is O=C(NC1CCCC1)N1CCN(c2ccc(F)c(F)c2)CC1. The molecule has 2 aliphatic rings. The van der Waals surface area contributed by atoms with Crippen molar-refractivity contribution < 1.29 is 13.6 Å². The van der Waals surface area contributed by atoms with Gasteiger partial charge in [0.1, 0.15) is 0 Å². The number of halogens is 2. The van der Waals surface area contributed by atoms with E-state index in [1.54, 1.807) is 11.0 Å². The summed E-state index contributed by atoms with van der Waals surface area (Å²) in [6.07, 6.45) is 4.52. The normalized spacial score (nSPS) is 19.5. The molecule has 1 saturated heterocycles. The van der Waals surface area contributed by atoms with E-state index >= 15 is 0 Å². The lowest BCUT2D eigenvalue weighted by Gasteiger charge is -2.36. The molecule has 1 aliphatic carbocycles. The maximum atomic E-state index is 13.3. The lowest BCUT2D eigenvalue weighted by Crippen LogP contribution is -2.53. The molecule has 1 aromatic rings. The Morgan fingerprint density at radius 3 is 2.36 bits per heavy atom. The second-order valence-electron chi connectivity index (χ2n) is 6.00. The van der Waals surface area contributed by atoms with E-state index < -0.39 is 11.6 Å². The number of nitrogens with zero attached hydrogens (tertiary/aromatic N) is 2. The van der Waals surface area contributed by atoms with Crippen molar-refractivity contribution >= 4 is 11.7 Å². The molecule has 0 atom stereocenters. The molecule has 22 heavy (non-hydrogen) atoms. The van der Waals surface area contributed by atoms with Crippen molar-refractivity contribution in [2.45, 2.75) is 31.7 Å². The van der Waals surface area contributed by atoms with Crippen LogP contribution in [0.1, 0.15) is 25.7 Å². The number of urea groups is 1. The highest BCUT2D eigenvalue weighted by atomic mass is 19.2. The van der Waals surface area contributed by atoms with Crippen LogP contribution in [0.15, 0.2) is 18.2 Å². The van der Waals surface area contributed by atoms with Crippen LogP contribution in [0.5, 0.6) is 0 Å². The van der Waals surface area contributed by atoms with Gasteiger partial charge in [-0.25, -0.2) is 13.6 Å². The average Bonchev–Trinajstić information content (AvgIpc) is 3.03. The van der Waals surface area contributed by atoms with Gasteiger partial charge in [-0.15, -0.1) is 0 Å². The monoisotopic (exact) mass is 309 g/mol. The molecule has 3 rings (SSSR count). The zero-order chi connectivity index (χ0) is 15.5. The van der Waals surface area contributed by atoms with Crippen LogP contribution in [-0.2, 0) is 0 Å². The zero-order valence-corrected chi connectivity index (χ0v) is 12.5. The van der Waals surface area contributed by atoms with Crippen molar-refractivity contribution in [3.05, 3.63) is 29.8 Å². The summed E-state index contributed by atoms with van der Waals surface area (Å²) in [5.41, 5.74) is 0.662. The Bertz CT molecular complexity index is 538. The van der Waals surface area contributed by atoms with E-state index in [0.717, 1.165) is 18.9 Å². The van der Waals surface area contributed by atoms with Crippen molar-refractivity contribution in [3.63, 3.8) is 0 Å². The van der Waals surface area contributed by atoms with E-state index in [0.29, 0.717) is 37.9 Å². The van der Waals surface area contributed by atoms with Crippen molar-refractivity contribution in [1.82, 2.24) is 10.2 Å². The molecule has 2 amide bonds. The first-order valence-electron chi connectivity index (χ1n) is 7.89. The van der Waals surface area contributed by atoms with E-state index in [1.807, 2.05) is 4.90 Å². The van der Waals surface area contributed by atoms with Crippen LogP contribution in [-0.4, -0.2) is 43.2 Å². The Morgan fingerprint density at radius 1 is 1.05 bits per heavy atom. The van der Waals surface area contributed by atoms with Gasteiger partial charge in [0, 0.05) is 44.0 Å². The Hall–Kier alpha value is -1.85. The summed E-state index contributed by atoms with van der Waals surface area (Å²) in [7, 11) is 0. The number of hydrogen-bond donors (Lipinski definition) is 1. The number of nitrogens with one attached hydrogen (secondary N) is 1. The highest BCUT2D eigenvalue weighted by molar-refractivity contribution is 5.75. The van der Waals surface area contributed by atoms with Gasteiger partial charge in [-0.1, -0.05) is 12.8 Å². The smallest absolute Gasteiger partial charge is 0.317 e. The number of carbonyl (C=O) groups is 1. The summed E-state index contributed by atoms with van der Waals surface area (Å²) in [6, 6.07) is 4.24. The first-order chi connectivity index (χ1) is 10.6. The maximum Gasteiger partial charge on any atom is 0.317 e. The molecule has 0 unspecified atom stereocenters. The van der Waals surface area contributed by atoms with E-state index in [9.17, 15) is 13.6 Å². The van der Waals surface area contributed by atoms with Crippen LogP contribution in [0.25, 0.3) is 0 Å². The fourth-order valence-electron chi connectivity index (χ4n) is 3.19. The van der Waals surface area contributed by atoms with Gasteiger partial charge < -0.3 is 15.1 Å². The van der Waals surface area contributed by atoms with E-state index in [1.165, 1.54) is 18.9 Å². The number of amides is 2. The fraction of sp³-hybridized carbons (Fsp3) is 0.562. The van der Waals surface area contributed by atoms with Gasteiger partial charge in [-0.2, -0.15) is 0 Å². The Morgan fingerprint density at radius 2 is 1.73 bits per heavy atom. The molecule has 1 aromatic carbocycles. The molecule has 1 heterocycles. The first-order valence-corrected chi connectivity index (χ1v) is 7.89. The molecule has 1 saturated carbocycles. The van der Waals surface area contributed by atoms with Gasteiger partial charge in [0.05, 0.1) is 0 Å². The predicted octanol–water partition coefficient (Wildman–Crippen LogP) is 2.74. The third-order valence-electron chi connectivity index (χ3n) is 4.52. The average molecular weight is 309 g/mol. The largest absolute Gasteiger partial charge is 0.368 e. The third kappa shape index (κ3) is 3.31. The predicted molar refractivity (Wildman–Crippen MR) is 80.9 cm³/mol. The van der Waals surface area contributed by atoms with Gasteiger partial charge in [0.15, 0.2) is 11.6 Å². The molecule has 0 radical (unpaired) electrons. The van der Waals surface area contributed by atoms with Crippen molar-refractivity contribution in [3.8, 4) is 0 Å². The van der Waals surface area contributed by atoms with Gasteiger partial charge >= 0.3 is 6.03 Å². The second kappa shape index (κ2) is 6.50. The zero-order valence-electron chi connectivity index (χ0n) is 12.5. The quantitative estimate of drug-likeness (QED) is 0.912. The van der Waals surface area contributed by atoms with Crippen LogP contribution in [0.2, 0.25) is 0 Å². The number of hydrogen-bond acceptors (Lipinski definition) is 2. The summed E-state index contributed by atoms with van der Waals surface area (Å²) < 4.78 is 26.3. The van der Waals surface area contributed by atoms with Gasteiger partial charge in [-0.05, 0) is 25.0 Å². The van der Waals surface area contributed by atoms with Gasteiger partial charge in [0.2, 0.25) is 0 Å². The van der Waals surface area contributed by atoms with Crippen LogP contribution in [0, 0.1) is 11.6 Å². The number of carbonyl (C=O) groups excluding carboxylic acids is 1. The van der Waals surface area contributed by atoms with Crippen LogP contribution >= 0.6 is 0 Å². The minimum atomic E-state index is -0.835. The lowest BCUT2D eigenvalue weighted by molar-refractivity contribution is 0.190. The molecular formula is C16H21F2N3O. The molecule has 1 aliphatic heterocycles. The Kier molecular flexibility index (Phi) is 4.45. The number of benzene rings is 1.